The second-order valence-corrected chi connectivity index (χ2v) is 7.31. The molecule has 1 unspecified atom stereocenters. The van der Waals surface area contributed by atoms with Crippen molar-refractivity contribution < 1.29 is 19.5 Å². The molecule has 0 spiro atoms. The van der Waals surface area contributed by atoms with Crippen molar-refractivity contribution in [2.24, 2.45) is 0 Å². The molecule has 3 rings (SSSR count). The zero-order chi connectivity index (χ0) is 19.9. The van der Waals surface area contributed by atoms with Gasteiger partial charge in [-0.1, -0.05) is 60.7 Å². The lowest BCUT2D eigenvalue weighted by molar-refractivity contribution is -0.129. The van der Waals surface area contributed by atoms with Crippen LogP contribution in [0.2, 0.25) is 0 Å². The maximum absolute atomic E-state index is 12.5. The predicted molar refractivity (Wildman–Crippen MR) is 108 cm³/mol. The molecule has 3 amide bonds. The molecule has 2 aromatic carbocycles. The van der Waals surface area contributed by atoms with Crippen molar-refractivity contribution in [3.05, 3.63) is 76.7 Å². The fourth-order valence-electron chi connectivity index (χ4n) is 2.81. The molecule has 1 aliphatic heterocycles. The lowest BCUT2D eigenvalue weighted by Crippen LogP contribution is -2.45. The Morgan fingerprint density at radius 3 is 2.36 bits per heavy atom. The van der Waals surface area contributed by atoms with Gasteiger partial charge in [0.05, 0.1) is 17.6 Å². The number of aliphatic hydroxyl groups is 1. The first kappa shape index (κ1) is 19.9. The minimum atomic E-state index is -0.491. The summed E-state index contributed by atoms with van der Waals surface area (Å²) in [7, 11) is 0. The fraction of sp³-hybridized carbons (Fsp3) is 0.190. The van der Waals surface area contributed by atoms with E-state index < -0.39 is 23.1 Å². The Kier molecular flexibility index (Phi) is 6.62. The van der Waals surface area contributed by atoms with Crippen molar-refractivity contribution >= 4 is 34.9 Å². The number of nitrogens with one attached hydrogen (secondary N) is 1. The summed E-state index contributed by atoms with van der Waals surface area (Å²) in [6.45, 7) is -0.613. The van der Waals surface area contributed by atoms with E-state index in [0.29, 0.717) is 6.42 Å². The number of nitrogens with zero attached hydrogens (tertiary/aromatic N) is 1. The average molecular weight is 396 g/mol. The van der Waals surface area contributed by atoms with Crippen LogP contribution in [0, 0.1) is 0 Å². The highest BCUT2D eigenvalue weighted by atomic mass is 32.2. The second kappa shape index (κ2) is 9.34. The summed E-state index contributed by atoms with van der Waals surface area (Å²) in [4.78, 5) is 38.2. The lowest BCUT2D eigenvalue weighted by Gasteiger charge is -2.18. The van der Waals surface area contributed by atoms with Crippen LogP contribution in [0.15, 0.2) is 65.6 Å². The van der Waals surface area contributed by atoms with E-state index in [4.69, 9.17) is 0 Å². The van der Waals surface area contributed by atoms with Gasteiger partial charge in [-0.3, -0.25) is 19.3 Å². The molecule has 1 saturated heterocycles. The SMILES string of the molecule is O=C(CN1C(=O)S/C(=C\c2ccccc2)C1=O)NC(CO)Cc1ccccc1. The third-order valence-corrected chi connectivity index (χ3v) is 5.09. The first-order valence-corrected chi connectivity index (χ1v) is 9.63. The van der Waals surface area contributed by atoms with Gasteiger partial charge >= 0.3 is 0 Å². The summed E-state index contributed by atoms with van der Waals surface area (Å²) in [5.74, 6) is -0.976. The number of amides is 3. The molecule has 7 heteroatoms. The number of carbonyl (C=O) groups is 3. The first-order chi connectivity index (χ1) is 13.6. The molecule has 2 aromatic rings. The van der Waals surface area contributed by atoms with Crippen LogP contribution < -0.4 is 5.32 Å². The summed E-state index contributed by atoms with van der Waals surface area (Å²) < 4.78 is 0. The van der Waals surface area contributed by atoms with Crippen LogP contribution >= 0.6 is 11.8 Å². The summed E-state index contributed by atoms with van der Waals surface area (Å²) in [5.41, 5.74) is 1.78. The number of rotatable bonds is 7. The Labute approximate surface area is 167 Å². The Hall–Kier alpha value is -2.90. The lowest BCUT2D eigenvalue weighted by atomic mass is 10.1. The zero-order valence-electron chi connectivity index (χ0n) is 15.1. The molecule has 0 aromatic heterocycles. The number of aliphatic hydroxyl groups excluding tert-OH is 1. The number of hydrogen-bond donors (Lipinski definition) is 2. The van der Waals surface area contributed by atoms with Gasteiger partial charge in [0.2, 0.25) is 5.91 Å². The van der Waals surface area contributed by atoms with Crippen molar-refractivity contribution in [2.45, 2.75) is 12.5 Å². The van der Waals surface area contributed by atoms with E-state index in [2.05, 4.69) is 5.32 Å². The van der Waals surface area contributed by atoms with Crippen LogP contribution in [0.5, 0.6) is 0 Å². The standard InChI is InChI=1S/C21H20N2O4S/c24-14-17(11-15-7-3-1-4-8-15)22-19(25)13-23-20(26)18(28-21(23)27)12-16-9-5-2-6-10-16/h1-10,12,17,24H,11,13-14H2,(H,22,25)/b18-12-. The fourth-order valence-corrected chi connectivity index (χ4v) is 3.65. The Balaban J connectivity index is 1.61. The van der Waals surface area contributed by atoms with Gasteiger partial charge < -0.3 is 10.4 Å². The number of imide groups is 1. The van der Waals surface area contributed by atoms with E-state index >= 15 is 0 Å². The van der Waals surface area contributed by atoms with Gasteiger partial charge in [-0.2, -0.15) is 0 Å². The smallest absolute Gasteiger partial charge is 0.294 e. The van der Waals surface area contributed by atoms with E-state index in [9.17, 15) is 19.5 Å². The quantitative estimate of drug-likeness (QED) is 0.702. The maximum atomic E-state index is 12.5. The molecule has 28 heavy (non-hydrogen) atoms. The third-order valence-electron chi connectivity index (χ3n) is 4.18. The van der Waals surface area contributed by atoms with Gasteiger partial charge in [-0.05, 0) is 35.4 Å². The number of benzene rings is 2. The Morgan fingerprint density at radius 1 is 1.07 bits per heavy atom. The average Bonchev–Trinajstić information content (AvgIpc) is 2.96. The van der Waals surface area contributed by atoms with Crippen LogP contribution in [-0.4, -0.2) is 46.3 Å². The van der Waals surface area contributed by atoms with Gasteiger partial charge in [0.15, 0.2) is 0 Å². The van der Waals surface area contributed by atoms with E-state index in [0.717, 1.165) is 27.8 Å². The molecule has 0 saturated carbocycles. The number of thioether (sulfide) groups is 1. The van der Waals surface area contributed by atoms with Crippen LogP contribution in [0.3, 0.4) is 0 Å². The summed E-state index contributed by atoms with van der Waals surface area (Å²) in [6.07, 6.45) is 2.09. The monoisotopic (exact) mass is 396 g/mol. The molecule has 1 atom stereocenters. The summed E-state index contributed by atoms with van der Waals surface area (Å²) >= 11 is 0.815. The molecular formula is C21H20N2O4S. The van der Waals surface area contributed by atoms with E-state index in [1.165, 1.54) is 0 Å². The highest BCUT2D eigenvalue weighted by Gasteiger charge is 2.36. The molecule has 1 fully saturated rings. The third kappa shape index (κ3) is 5.09. The van der Waals surface area contributed by atoms with E-state index in [1.54, 1.807) is 6.08 Å². The van der Waals surface area contributed by atoms with Crippen molar-refractivity contribution in [1.82, 2.24) is 10.2 Å². The van der Waals surface area contributed by atoms with Gasteiger partial charge in [-0.25, -0.2) is 0 Å². The van der Waals surface area contributed by atoms with Crippen molar-refractivity contribution in [1.29, 1.82) is 0 Å². The van der Waals surface area contributed by atoms with E-state index in [1.807, 2.05) is 60.7 Å². The number of hydrogen-bond acceptors (Lipinski definition) is 5. The first-order valence-electron chi connectivity index (χ1n) is 8.81. The highest BCUT2D eigenvalue weighted by molar-refractivity contribution is 8.18. The van der Waals surface area contributed by atoms with Crippen molar-refractivity contribution in [3.8, 4) is 0 Å². The largest absolute Gasteiger partial charge is 0.394 e. The molecule has 2 N–H and O–H groups in total. The maximum Gasteiger partial charge on any atom is 0.294 e. The van der Waals surface area contributed by atoms with Crippen LogP contribution in [0.1, 0.15) is 11.1 Å². The molecule has 0 radical (unpaired) electrons. The minimum Gasteiger partial charge on any atom is -0.394 e. The molecule has 0 bridgehead atoms. The Morgan fingerprint density at radius 2 is 1.71 bits per heavy atom. The summed E-state index contributed by atoms with van der Waals surface area (Å²) in [6, 6.07) is 18.2. The highest BCUT2D eigenvalue weighted by Crippen LogP contribution is 2.31. The normalized spacial score (nSPS) is 16.5. The molecule has 144 valence electrons. The van der Waals surface area contributed by atoms with Crippen LogP contribution in [-0.2, 0) is 16.0 Å². The second-order valence-electron chi connectivity index (χ2n) is 6.32. The van der Waals surface area contributed by atoms with Crippen molar-refractivity contribution in [2.75, 3.05) is 13.2 Å². The Bertz CT molecular complexity index is 884. The zero-order valence-corrected chi connectivity index (χ0v) is 15.9. The van der Waals surface area contributed by atoms with Gasteiger partial charge in [-0.15, -0.1) is 0 Å². The topological polar surface area (TPSA) is 86.7 Å². The molecule has 0 aliphatic carbocycles. The van der Waals surface area contributed by atoms with Crippen molar-refractivity contribution in [3.63, 3.8) is 0 Å². The molecule has 1 heterocycles. The number of carbonyl (C=O) groups excluding carboxylic acids is 3. The van der Waals surface area contributed by atoms with E-state index in [-0.39, 0.29) is 18.1 Å². The van der Waals surface area contributed by atoms with Gasteiger partial charge in [0.25, 0.3) is 11.1 Å². The minimum absolute atomic E-state index is 0.240. The predicted octanol–water partition coefficient (Wildman–Crippen LogP) is 2.44. The molecular weight excluding hydrogens is 376 g/mol. The van der Waals surface area contributed by atoms with Gasteiger partial charge in [0, 0.05) is 0 Å². The van der Waals surface area contributed by atoms with Crippen LogP contribution in [0.25, 0.3) is 6.08 Å². The van der Waals surface area contributed by atoms with Gasteiger partial charge in [0.1, 0.15) is 6.54 Å². The molecule has 6 nitrogen and oxygen atoms in total. The molecule has 1 aliphatic rings. The van der Waals surface area contributed by atoms with Crippen LogP contribution in [0.4, 0.5) is 4.79 Å². The summed E-state index contributed by atoms with van der Waals surface area (Å²) in [5, 5.41) is 11.7.